The fraction of sp³-hybridized carbons (Fsp3) is 0.562. The first-order chi connectivity index (χ1) is 10.4. The molecule has 0 aromatic heterocycles. The van der Waals surface area contributed by atoms with Crippen molar-refractivity contribution in [2.24, 2.45) is 4.99 Å². The van der Waals surface area contributed by atoms with E-state index in [2.05, 4.69) is 36.4 Å². The van der Waals surface area contributed by atoms with Gasteiger partial charge in [-0.1, -0.05) is 11.6 Å². The standard InChI is InChI=1S/C16H24ClN3O2/c1-5-18-15(20-16(2,3)4)19-10-11-8-12(17)14-13(9-11)21-6-7-22-14/h8-9H,5-7,10H2,1-4H3,(H2,18,19,20). The lowest BCUT2D eigenvalue weighted by molar-refractivity contribution is 0.171. The average Bonchev–Trinajstić information content (AvgIpc) is 2.44. The maximum atomic E-state index is 6.25. The van der Waals surface area contributed by atoms with Gasteiger partial charge in [0.15, 0.2) is 17.5 Å². The number of hydrogen-bond donors (Lipinski definition) is 2. The van der Waals surface area contributed by atoms with Crippen LogP contribution in [0.25, 0.3) is 0 Å². The summed E-state index contributed by atoms with van der Waals surface area (Å²) in [6, 6.07) is 3.81. The van der Waals surface area contributed by atoms with E-state index in [0.717, 1.165) is 18.1 Å². The quantitative estimate of drug-likeness (QED) is 0.662. The Morgan fingerprint density at radius 1 is 1.27 bits per heavy atom. The lowest BCUT2D eigenvalue weighted by Gasteiger charge is -2.24. The summed E-state index contributed by atoms with van der Waals surface area (Å²) in [7, 11) is 0. The number of fused-ring (bicyclic) bond motifs is 1. The summed E-state index contributed by atoms with van der Waals surface area (Å²) >= 11 is 6.25. The first kappa shape index (κ1) is 16.7. The lowest BCUT2D eigenvalue weighted by Crippen LogP contribution is -2.47. The SMILES string of the molecule is CCNC(=NCc1cc(Cl)c2c(c1)OCCO2)NC(C)(C)C. The van der Waals surface area contributed by atoms with Crippen molar-refractivity contribution >= 4 is 17.6 Å². The van der Waals surface area contributed by atoms with E-state index in [1.54, 1.807) is 0 Å². The second-order valence-corrected chi connectivity index (χ2v) is 6.58. The predicted molar refractivity (Wildman–Crippen MR) is 90.1 cm³/mol. The van der Waals surface area contributed by atoms with Gasteiger partial charge in [-0.05, 0) is 45.4 Å². The Balaban J connectivity index is 2.14. The van der Waals surface area contributed by atoms with Gasteiger partial charge in [0.1, 0.15) is 13.2 Å². The van der Waals surface area contributed by atoms with Gasteiger partial charge in [-0.25, -0.2) is 4.99 Å². The summed E-state index contributed by atoms with van der Waals surface area (Å²) in [6.07, 6.45) is 0. The molecule has 0 radical (unpaired) electrons. The van der Waals surface area contributed by atoms with E-state index in [-0.39, 0.29) is 5.54 Å². The molecule has 2 N–H and O–H groups in total. The molecule has 1 aromatic carbocycles. The van der Waals surface area contributed by atoms with Gasteiger partial charge in [0.05, 0.1) is 11.6 Å². The summed E-state index contributed by atoms with van der Waals surface area (Å²) in [5, 5.41) is 7.16. The van der Waals surface area contributed by atoms with Crippen LogP contribution in [0.1, 0.15) is 33.3 Å². The summed E-state index contributed by atoms with van der Waals surface area (Å²) in [6.45, 7) is 10.7. The molecule has 0 amide bonds. The van der Waals surface area contributed by atoms with Crippen molar-refractivity contribution in [3.63, 3.8) is 0 Å². The molecule has 0 atom stereocenters. The molecule has 1 heterocycles. The number of ether oxygens (including phenoxy) is 2. The van der Waals surface area contributed by atoms with Crippen LogP contribution in [0.4, 0.5) is 0 Å². The van der Waals surface area contributed by atoms with Crippen molar-refractivity contribution in [2.45, 2.75) is 39.8 Å². The van der Waals surface area contributed by atoms with Crippen LogP contribution < -0.4 is 20.1 Å². The van der Waals surface area contributed by atoms with Gasteiger partial charge in [0, 0.05) is 12.1 Å². The second kappa shape index (κ2) is 7.09. The van der Waals surface area contributed by atoms with Crippen molar-refractivity contribution in [2.75, 3.05) is 19.8 Å². The third-order valence-corrected chi connectivity index (χ3v) is 3.19. The number of hydrogen-bond acceptors (Lipinski definition) is 3. The van der Waals surface area contributed by atoms with Crippen LogP contribution in [-0.2, 0) is 6.54 Å². The molecule has 5 nitrogen and oxygen atoms in total. The van der Waals surface area contributed by atoms with Crippen LogP contribution in [0.15, 0.2) is 17.1 Å². The Hall–Kier alpha value is -1.62. The van der Waals surface area contributed by atoms with Crippen LogP contribution in [-0.4, -0.2) is 31.3 Å². The monoisotopic (exact) mass is 325 g/mol. The zero-order valence-corrected chi connectivity index (χ0v) is 14.4. The van der Waals surface area contributed by atoms with Gasteiger partial charge < -0.3 is 20.1 Å². The molecule has 0 unspecified atom stereocenters. The number of nitrogens with one attached hydrogen (secondary N) is 2. The van der Waals surface area contributed by atoms with Crippen molar-refractivity contribution in [1.29, 1.82) is 0 Å². The smallest absolute Gasteiger partial charge is 0.191 e. The van der Waals surface area contributed by atoms with Crippen LogP contribution in [0.2, 0.25) is 5.02 Å². The molecule has 22 heavy (non-hydrogen) atoms. The molecular weight excluding hydrogens is 302 g/mol. The van der Waals surface area contributed by atoms with E-state index in [0.29, 0.717) is 36.3 Å². The summed E-state index contributed by atoms with van der Waals surface area (Å²) in [5.41, 5.74) is 0.936. The highest BCUT2D eigenvalue weighted by atomic mass is 35.5. The number of benzene rings is 1. The molecule has 0 bridgehead atoms. The molecule has 0 fully saturated rings. The third kappa shape index (κ3) is 4.70. The second-order valence-electron chi connectivity index (χ2n) is 6.17. The fourth-order valence-electron chi connectivity index (χ4n) is 2.09. The van der Waals surface area contributed by atoms with Crippen LogP contribution in [0, 0.1) is 0 Å². The Labute approximate surface area is 137 Å². The normalized spacial score (nSPS) is 14.7. The number of aliphatic imine (C=N–C) groups is 1. The average molecular weight is 326 g/mol. The Morgan fingerprint density at radius 2 is 2.00 bits per heavy atom. The largest absolute Gasteiger partial charge is 0.486 e. The summed E-state index contributed by atoms with van der Waals surface area (Å²) in [4.78, 5) is 4.60. The Bertz CT molecular complexity index is 553. The van der Waals surface area contributed by atoms with Crippen LogP contribution >= 0.6 is 11.6 Å². The zero-order valence-electron chi connectivity index (χ0n) is 13.6. The minimum absolute atomic E-state index is 0.0501. The van der Waals surface area contributed by atoms with Gasteiger partial charge in [0.25, 0.3) is 0 Å². The van der Waals surface area contributed by atoms with Crippen molar-refractivity contribution < 1.29 is 9.47 Å². The van der Waals surface area contributed by atoms with E-state index in [9.17, 15) is 0 Å². The first-order valence-electron chi connectivity index (χ1n) is 7.53. The van der Waals surface area contributed by atoms with Gasteiger partial charge in [-0.2, -0.15) is 0 Å². The van der Waals surface area contributed by atoms with E-state index in [4.69, 9.17) is 21.1 Å². The maximum absolute atomic E-state index is 6.25. The lowest BCUT2D eigenvalue weighted by atomic mass is 10.1. The number of halogens is 1. The summed E-state index contributed by atoms with van der Waals surface area (Å²) < 4.78 is 11.1. The van der Waals surface area contributed by atoms with Crippen molar-refractivity contribution in [3.05, 3.63) is 22.7 Å². The Kier molecular flexibility index (Phi) is 5.40. The van der Waals surface area contributed by atoms with Crippen molar-refractivity contribution in [1.82, 2.24) is 10.6 Å². The zero-order chi connectivity index (χ0) is 16.2. The van der Waals surface area contributed by atoms with E-state index < -0.39 is 0 Å². The third-order valence-electron chi connectivity index (χ3n) is 2.91. The van der Waals surface area contributed by atoms with Gasteiger partial charge in [-0.15, -0.1) is 0 Å². The molecule has 2 rings (SSSR count). The predicted octanol–water partition coefficient (Wildman–Crippen LogP) is 2.96. The molecule has 0 aliphatic carbocycles. The molecule has 6 heteroatoms. The minimum Gasteiger partial charge on any atom is -0.486 e. The van der Waals surface area contributed by atoms with Crippen LogP contribution in [0.3, 0.4) is 0 Å². The highest BCUT2D eigenvalue weighted by Gasteiger charge is 2.17. The molecule has 1 aliphatic rings. The minimum atomic E-state index is -0.0501. The molecular formula is C16H24ClN3O2. The number of rotatable bonds is 3. The maximum Gasteiger partial charge on any atom is 0.191 e. The topological polar surface area (TPSA) is 54.9 Å². The molecule has 0 spiro atoms. The van der Waals surface area contributed by atoms with Gasteiger partial charge in [0.2, 0.25) is 0 Å². The highest BCUT2D eigenvalue weighted by molar-refractivity contribution is 6.32. The molecule has 0 saturated heterocycles. The molecule has 0 saturated carbocycles. The van der Waals surface area contributed by atoms with Gasteiger partial charge >= 0.3 is 0 Å². The van der Waals surface area contributed by atoms with E-state index in [1.807, 2.05) is 19.1 Å². The van der Waals surface area contributed by atoms with Crippen molar-refractivity contribution in [3.8, 4) is 11.5 Å². The summed E-state index contributed by atoms with van der Waals surface area (Å²) in [5.74, 6) is 2.10. The van der Waals surface area contributed by atoms with E-state index >= 15 is 0 Å². The Morgan fingerprint density at radius 3 is 2.68 bits per heavy atom. The molecule has 1 aromatic rings. The number of guanidine groups is 1. The first-order valence-corrected chi connectivity index (χ1v) is 7.91. The van der Waals surface area contributed by atoms with Crippen LogP contribution in [0.5, 0.6) is 11.5 Å². The van der Waals surface area contributed by atoms with Gasteiger partial charge in [-0.3, -0.25) is 0 Å². The number of nitrogens with zero attached hydrogens (tertiary/aromatic N) is 1. The fourth-order valence-corrected chi connectivity index (χ4v) is 2.38. The van der Waals surface area contributed by atoms with E-state index in [1.165, 1.54) is 0 Å². The highest BCUT2D eigenvalue weighted by Crippen LogP contribution is 2.38. The molecule has 122 valence electrons. The molecule has 1 aliphatic heterocycles.